The fraction of sp³-hybridized carbons (Fsp3) is 0.364. The normalized spacial score (nSPS) is 17.9. The molecule has 0 bridgehead atoms. The molecule has 2 aromatic rings. The fourth-order valence-electron chi connectivity index (χ4n) is 3.69. The SMILES string of the molecule is CC(=O)Nc1cc(C(=O)N2CCC3(CC2)OCCO3)ccc1Sc1ccc(Cl)cc1. The molecule has 158 valence electrons. The molecule has 4 rings (SSSR count). The molecule has 1 N–H and O–H groups in total. The van der Waals surface area contributed by atoms with Gasteiger partial charge in [-0.1, -0.05) is 23.4 Å². The highest BCUT2D eigenvalue weighted by molar-refractivity contribution is 7.99. The molecule has 30 heavy (non-hydrogen) atoms. The minimum atomic E-state index is -0.517. The summed E-state index contributed by atoms with van der Waals surface area (Å²) in [5, 5.41) is 3.51. The zero-order chi connectivity index (χ0) is 21.1. The van der Waals surface area contributed by atoms with Gasteiger partial charge in [-0.25, -0.2) is 0 Å². The van der Waals surface area contributed by atoms with Crippen molar-refractivity contribution in [3.63, 3.8) is 0 Å². The monoisotopic (exact) mass is 446 g/mol. The van der Waals surface area contributed by atoms with E-state index in [1.165, 1.54) is 18.7 Å². The number of rotatable bonds is 4. The van der Waals surface area contributed by atoms with Gasteiger partial charge in [-0.2, -0.15) is 0 Å². The van der Waals surface area contributed by atoms with Crippen LogP contribution in [0.3, 0.4) is 0 Å². The molecule has 0 aliphatic carbocycles. The molecule has 2 fully saturated rings. The standard InChI is InChI=1S/C22H23ClN2O4S/c1-15(26)24-19-14-16(2-7-20(19)30-18-5-3-17(23)4-6-18)21(27)25-10-8-22(9-11-25)28-12-13-29-22/h2-7,14H,8-13H2,1H3,(H,24,26). The van der Waals surface area contributed by atoms with Crippen molar-refractivity contribution >= 4 is 40.9 Å². The molecule has 8 heteroatoms. The number of likely N-dealkylation sites (tertiary alicyclic amines) is 1. The average Bonchev–Trinajstić information content (AvgIpc) is 3.18. The van der Waals surface area contributed by atoms with Crippen molar-refractivity contribution in [2.75, 3.05) is 31.6 Å². The van der Waals surface area contributed by atoms with E-state index < -0.39 is 5.79 Å². The topological polar surface area (TPSA) is 67.9 Å². The highest BCUT2D eigenvalue weighted by Gasteiger charge is 2.40. The Morgan fingerprint density at radius 3 is 2.37 bits per heavy atom. The largest absolute Gasteiger partial charge is 0.347 e. The number of piperidine rings is 1. The molecule has 1 spiro atoms. The second-order valence-electron chi connectivity index (χ2n) is 7.35. The van der Waals surface area contributed by atoms with Gasteiger partial charge in [0.25, 0.3) is 5.91 Å². The van der Waals surface area contributed by atoms with E-state index in [4.69, 9.17) is 21.1 Å². The number of carbonyl (C=O) groups is 2. The van der Waals surface area contributed by atoms with E-state index in [1.807, 2.05) is 35.2 Å². The van der Waals surface area contributed by atoms with Gasteiger partial charge in [-0.05, 0) is 42.5 Å². The van der Waals surface area contributed by atoms with E-state index in [9.17, 15) is 9.59 Å². The Labute approximate surface area is 184 Å². The quantitative estimate of drug-likeness (QED) is 0.752. The van der Waals surface area contributed by atoms with Gasteiger partial charge in [-0.3, -0.25) is 9.59 Å². The summed E-state index contributed by atoms with van der Waals surface area (Å²) in [6.07, 6.45) is 1.34. The number of anilines is 1. The maximum absolute atomic E-state index is 13.1. The van der Waals surface area contributed by atoms with Gasteiger partial charge in [0, 0.05) is 53.2 Å². The third kappa shape index (κ3) is 4.81. The van der Waals surface area contributed by atoms with Crippen molar-refractivity contribution in [3.8, 4) is 0 Å². The number of nitrogens with zero attached hydrogens (tertiary/aromatic N) is 1. The first-order chi connectivity index (χ1) is 14.4. The number of hydrogen-bond acceptors (Lipinski definition) is 5. The third-order valence-electron chi connectivity index (χ3n) is 5.20. The number of ether oxygens (including phenoxy) is 2. The average molecular weight is 447 g/mol. The number of benzene rings is 2. The number of amides is 2. The predicted molar refractivity (Wildman–Crippen MR) is 116 cm³/mol. The van der Waals surface area contributed by atoms with Crippen molar-refractivity contribution in [1.29, 1.82) is 0 Å². The van der Waals surface area contributed by atoms with E-state index >= 15 is 0 Å². The summed E-state index contributed by atoms with van der Waals surface area (Å²) >= 11 is 7.46. The molecule has 0 unspecified atom stereocenters. The van der Waals surface area contributed by atoms with Gasteiger partial charge >= 0.3 is 0 Å². The van der Waals surface area contributed by atoms with E-state index in [2.05, 4.69) is 5.32 Å². The van der Waals surface area contributed by atoms with Gasteiger partial charge < -0.3 is 19.7 Å². The van der Waals surface area contributed by atoms with Crippen LogP contribution < -0.4 is 5.32 Å². The summed E-state index contributed by atoms with van der Waals surface area (Å²) in [4.78, 5) is 28.4. The maximum atomic E-state index is 13.1. The zero-order valence-electron chi connectivity index (χ0n) is 16.7. The number of nitrogens with one attached hydrogen (secondary N) is 1. The van der Waals surface area contributed by atoms with Crippen LogP contribution in [0.15, 0.2) is 52.3 Å². The lowest BCUT2D eigenvalue weighted by molar-refractivity contribution is -0.181. The molecule has 0 atom stereocenters. The first kappa shape index (κ1) is 21.2. The first-order valence-electron chi connectivity index (χ1n) is 9.86. The van der Waals surface area contributed by atoms with Crippen molar-refractivity contribution in [2.45, 2.75) is 35.3 Å². The second kappa shape index (κ2) is 8.98. The van der Waals surface area contributed by atoms with Gasteiger partial charge in [-0.15, -0.1) is 0 Å². The minimum Gasteiger partial charge on any atom is -0.347 e. The van der Waals surface area contributed by atoms with Crippen LogP contribution in [0.1, 0.15) is 30.1 Å². The van der Waals surface area contributed by atoms with Crippen molar-refractivity contribution in [3.05, 3.63) is 53.1 Å². The molecular weight excluding hydrogens is 424 g/mol. The maximum Gasteiger partial charge on any atom is 0.253 e. The summed E-state index contributed by atoms with van der Waals surface area (Å²) < 4.78 is 11.5. The molecule has 2 heterocycles. The van der Waals surface area contributed by atoms with Gasteiger partial charge in [0.15, 0.2) is 5.79 Å². The Balaban J connectivity index is 1.51. The Kier molecular flexibility index (Phi) is 6.34. The summed E-state index contributed by atoms with van der Waals surface area (Å²) in [7, 11) is 0. The molecule has 2 aliphatic heterocycles. The van der Waals surface area contributed by atoms with Crippen LogP contribution in [0, 0.1) is 0 Å². The number of halogens is 1. The number of carbonyl (C=O) groups excluding carboxylic acids is 2. The van der Waals surface area contributed by atoms with Crippen molar-refractivity contribution in [1.82, 2.24) is 4.90 Å². The zero-order valence-corrected chi connectivity index (χ0v) is 18.2. The molecule has 6 nitrogen and oxygen atoms in total. The van der Waals surface area contributed by atoms with Gasteiger partial charge in [0.1, 0.15) is 0 Å². The Hall–Kier alpha value is -2.06. The molecule has 2 amide bonds. The van der Waals surface area contributed by atoms with Crippen LogP contribution in [0.25, 0.3) is 0 Å². The smallest absolute Gasteiger partial charge is 0.253 e. The van der Waals surface area contributed by atoms with Crippen molar-refractivity contribution < 1.29 is 19.1 Å². The van der Waals surface area contributed by atoms with Gasteiger partial charge in [0.2, 0.25) is 5.91 Å². The molecule has 0 saturated carbocycles. The highest BCUT2D eigenvalue weighted by atomic mass is 35.5. The minimum absolute atomic E-state index is 0.0579. The lowest BCUT2D eigenvalue weighted by Crippen LogP contribution is -2.47. The van der Waals surface area contributed by atoms with Crippen molar-refractivity contribution in [2.24, 2.45) is 0 Å². The summed E-state index contributed by atoms with van der Waals surface area (Å²) in [5.41, 5.74) is 1.16. The number of hydrogen-bond donors (Lipinski definition) is 1. The van der Waals surface area contributed by atoms with Crippen LogP contribution in [0.2, 0.25) is 5.02 Å². The van der Waals surface area contributed by atoms with Crippen LogP contribution in [0.4, 0.5) is 5.69 Å². The van der Waals surface area contributed by atoms with E-state index in [0.29, 0.717) is 55.4 Å². The summed E-state index contributed by atoms with van der Waals surface area (Å²) in [5.74, 6) is -0.762. The van der Waals surface area contributed by atoms with E-state index in [1.54, 1.807) is 12.1 Å². The van der Waals surface area contributed by atoms with E-state index in [0.717, 1.165) is 9.79 Å². The Morgan fingerprint density at radius 2 is 1.73 bits per heavy atom. The fourth-order valence-corrected chi connectivity index (χ4v) is 4.70. The van der Waals surface area contributed by atoms with Crippen LogP contribution in [-0.2, 0) is 14.3 Å². The van der Waals surface area contributed by atoms with Gasteiger partial charge in [0.05, 0.1) is 18.9 Å². The molecule has 2 saturated heterocycles. The van der Waals surface area contributed by atoms with Crippen LogP contribution in [0.5, 0.6) is 0 Å². The van der Waals surface area contributed by atoms with Crippen LogP contribution >= 0.6 is 23.4 Å². The van der Waals surface area contributed by atoms with E-state index in [-0.39, 0.29) is 11.8 Å². The molecule has 2 aliphatic rings. The molecule has 2 aromatic carbocycles. The lowest BCUT2D eigenvalue weighted by Gasteiger charge is -2.37. The van der Waals surface area contributed by atoms with Crippen LogP contribution in [-0.4, -0.2) is 48.8 Å². The third-order valence-corrected chi connectivity index (χ3v) is 6.54. The summed E-state index contributed by atoms with van der Waals surface area (Å²) in [6.45, 7) is 3.84. The predicted octanol–water partition coefficient (Wildman–Crippen LogP) is 4.43. The first-order valence-corrected chi connectivity index (χ1v) is 11.1. The highest BCUT2D eigenvalue weighted by Crippen LogP contribution is 2.36. The molecule has 0 radical (unpaired) electrons. The molecular formula is C22H23ClN2O4S. The summed E-state index contributed by atoms with van der Waals surface area (Å²) in [6, 6.07) is 12.9. The molecule has 0 aromatic heterocycles. The Morgan fingerprint density at radius 1 is 1.07 bits per heavy atom. The lowest BCUT2D eigenvalue weighted by atomic mass is 10.0. The second-order valence-corrected chi connectivity index (χ2v) is 8.90. The Bertz CT molecular complexity index is 935.